The van der Waals surface area contributed by atoms with Crippen molar-refractivity contribution in [3.63, 3.8) is 0 Å². The molecule has 0 radical (unpaired) electrons. The van der Waals surface area contributed by atoms with Crippen molar-refractivity contribution in [2.24, 2.45) is 5.41 Å². The standard InChI is InChI=1S/C18H29NO3/c1-13(20)11-18(3,4)12-19-14(2)15-6-7-16-17(10-15)22-9-5-8-21-16/h6-7,10,13-14,19-20H,5,8-9,11-12H2,1-4H3. The van der Waals surface area contributed by atoms with Gasteiger partial charge in [0, 0.05) is 19.0 Å². The van der Waals surface area contributed by atoms with Crippen molar-refractivity contribution in [1.82, 2.24) is 5.32 Å². The fourth-order valence-electron chi connectivity index (χ4n) is 2.87. The Morgan fingerprint density at radius 1 is 1.18 bits per heavy atom. The normalized spacial score (nSPS) is 17.7. The Bertz CT molecular complexity index is 485. The van der Waals surface area contributed by atoms with E-state index in [1.165, 1.54) is 5.56 Å². The van der Waals surface area contributed by atoms with E-state index in [0.717, 1.165) is 30.9 Å². The van der Waals surface area contributed by atoms with E-state index in [4.69, 9.17) is 9.47 Å². The first-order chi connectivity index (χ1) is 10.4. The second kappa shape index (κ2) is 7.34. The summed E-state index contributed by atoms with van der Waals surface area (Å²) in [4.78, 5) is 0. The number of ether oxygens (including phenoxy) is 2. The Morgan fingerprint density at radius 3 is 2.55 bits per heavy atom. The quantitative estimate of drug-likeness (QED) is 0.846. The van der Waals surface area contributed by atoms with E-state index in [2.05, 4.69) is 38.2 Å². The third-order valence-corrected chi connectivity index (χ3v) is 4.01. The third kappa shape index (κ3) is 4.89. The largest absolute Gasteiger partial charge is 0.490 e. The molecule has 0 amide bonds. The van der Waals surface area contributed by atoms with Gasteiger partial charge in [-0.05, 0) is 43.4 Å². The van der Waals surface area contributed by atoms with Crippen molar-refractivity contribution in [3.8, 4) is 11.5 Å². The molecule has 0 aromatic heterocycles. The highest BCUT2D eigenvalue weighted by Crippen LogP contribution is 2.32. The maximum Gasteiger partial charge on any atom is 0.161 e. The fourth-order valence-corrected chi connectivity index (χ4v) is 2.87. The molecule has 0 bridgehead atoms. The van der Waals surface area contributed by atoms with Crippen LogP contribution in [0, 0.1) is 5.41 Å². The van der Waals surface area contributed by atoms with Crippen molar-refractivity contribution in [2.75, 3.05) is 19.8 Å². The zero-order valence-electron chi connectivity index (χ0n) is 14.2. The number of nitrogens with one attached hydrogen (secondary N) is 1. The summed E-state index contributed by atoms with van der Waals surface area (Å²) in [7, 11) is 0. The maximum atomic E-state index is 9.57. The average Bonchev–Trinajstić information content (AvgIpc) is 2.67. The Hall–Kier alpha value is -1.26. The second-order valence-electron chi connectivity index (χ2n) is 7.08. The van der Waals surface area contributed by atoms with E-state index < -0.39 is 0 Å². The van der Waals surface area contributed by atoms with E-state index in [-0.39, 0.29) is 17.6 Å². The van der Waals surface area contributed by atoms with E-state index in [1.807, 2.05) is 13.0 Å². The summed E-state index contributed by atoms with van der Waals surface area (Å²) in [6.07, 6.45) is 1.43. The monoisotopic (exact) mass is 307 g/mol. The SMILES string of the molecule is CC(O)CC(C)(C)CNC(C)c1ccc2c(c1)OCCCO2. The molecule has 4 nitrogen and oxygen atoms in total. The van der Waals surface area contributed by atoms with Gasteiger partial charge in [-0.2, -0.15) is 0 Å². The molecule has 1 heterocycles. The van der Waals surface area contributed by atoms with Gasteiger partial charge in [-0.3, -0.25) is 0 Å². The summed E-state index contributed by atoms with van der Waals surface area (Å²) in [5.74, 6) is 1.68. The highest BCUT2D eigenvalue weighted by Gasteiger charge is 2.21. The minimum absolute atomic E-state index is 0.0632. The Balaban J connectivity index is 1.98. The van der Waals surface area contributed by atoms with Crippen LogP contribution < -0.4 is 14.8 Å². The lowest BCUT2D eigenvalue weighted by Crippen LogP contribution is -2.33. The molecule has 0 saturated carbocycles. The molecule has 2 N–H and O–H groups in total. The number of fused-ring (bicyclic) bond motifs is 1. The first-order valence-electron chi connectivity index (χ1n) is 8.18. The molecule has 2 rings (SSSR count). The predicted molar refractivity (Wildman–Crippen MR) is 88.5 cm³/mol. The fraction of sp³-hybridized carbons (Fsp3) is 0.667. The Morgan fingerprint density at radius 2 is 1.86 bits per heavy atom. The lowest BCUT2D eigenvalue weighted by Gasteiger charge is -2.28. The van der Waals surface area contributed by atoms with Gasteiger partial charge in [0.2, 0.25) is 0 Å². The van der Waals surface area contributed by atoms with Crippen LogP contribution in [0.15, 0.2) is 18.2 Å². The van der Waals surface area contributed by atoms with Crippen molar-refractivity contribution in [1.29, 1.82) is 0 Å². The molecule has 0 spiro atoms. The zero-order valence-corrected chi connectivity index (χ0v) is 14.2. The minimum atomic E-state index is -0.273. The van der Waals surface area contributed by atoms with Gasteiger partial charge in [0.25, 0.3) is 0 Å². The van der Waals surface area contributed by atoms with Gasteiger partial charge < -0.3 is 19.9 Å². The van der Waals surface area contributed by atoms with Crippen LogP contribution in [0.25, 0.3) is 0 Å². The highest BCUT2D eigenvalue weighted by atomic mass is 16.5. The van der Waals surface area contributed by atoms with Crippen LogP contribution in [0.4, 0.5) is 0 Å². The summed E-state index contributed by atoms with van der Waals surface area (Å²) in [5.41, 5.74) is 1.25. The van der Waals surface area contributed by atoms with Gasteiger partial charge in [-0.15, -0.1) is 0 Å². The van der Waals surface area contributed by atoms with Gasteiger partial charge in [0.1, 0.15) is 0 Å². The van der Waals surface area contributed by atoms with Crippen LogP contribution in [-0.2, 0) is 0 Å². The molecular formula is C18H29NO3. The van der Waals surface area contributed by atoms with Crippen LogP contribution in [0.2, 0.25) is 0 Å². The second-order valence-corrected chi connectivity index (χ2v) is 7.08. The number of aliphatic hydroxyl groups is 1. The molecule has 2 unspecified atom stereocenters. The summed E-state index contributed by atoms with van der Waals surface area (Å²) in [6, 6.07) is 6.38. The summed E-state index contributed by atoms with van der Waals surface area (Å²) < 4.78 is 11.4. The summed E-state index contributed by atoms with van der Waals surface area (Å²) in [5, 5.41) is 13.1. The van der Waals surface area contributed by atoms with Gasteiger partial charge in [0.15, 0.2) is 11.5 Å². The summed E-state index contributed by atoms with van der Waals surface area (Å²) >= 11 is 0. The molecule has 1 aliphatic rings. The molecule has 4 heteroatoms. The molecule has 0 fully saturated rings. The number of aliphatic hydroxyl groups excluding tert-OH is 1. The summed E-state index contributed by atoms with van der Waals surface area (Å²) in [6.45, 7) is 10.6. The lowest BCUT2D eigenvalue weighted by atomic mass is 9.86. The van der Waals surface area contributed by atoms with Crippen LogP contribution in [0.1, 0.15) is 52.1 Å². The van der Waals surface area contributed by atoms with E-state index in [9.17, 15) is 5.11 Å². The van der Waals surface area contributed by atoms with Gasteiger partial charge in [-0.25, -0.2) is 0 Å². The highest BCUT2D eigenvalue weighted by molar-refractivity contribution is 5.44. The number of benzene rings is 1. The Kier molecular flexibility index (Phi) is 5.70. The van der Waals surface area contributed by atoms with Crippen molar-refractivity contribution < 1.29 is 14.6 Å². The number of hydrogen-bond acceptors (Lipinski definition) is 4. The molecule has 0 saturated heterocycles. The van der Waals surface area contributed by atoms with Gasteiger partial charge >= 0.3 is 0 Å². The predicted octanol–water partition coefficient (Wildman–Crippen LogP) is 3.30. The van der Waals surface area contributed by atoms with E-state index in [0.29, 0.717) is 13.2 Å². The molecule has 1 aliphatic heterocycles. The molecule has 1 aromatic carbocycles. The van der Waals surface area contributed by atoms with Crippen molar-refractivity contribution in [2.45, 2.75) is 52.7 Å². The lowest BCUT2D eigenvalue weighted by molar-refractivity contribution is 0.127. The van der Waals surface area contributed by atoms with Gasteiger partial charge in [-0.1, -0.05) is 19.9 Å². The molecule has 22 heavy (non-hydrogen) atoms. The number of rotatable bonds is 6. The molecule has 0 aliphatic carbocycles. The Labute approximate surface area is 133 Å². The van der Waals surface area contributed by atoms with Crippen molar-refractivity contribution >= 4 is 0 Å². The zero-order chi connectivity index (χ0) is 16.2. The van der Waals surface area contributed by atoms with Crippen molar-refractivity contribution in [3.05, 3.63) is 23.8 Å². The first kappa shape index (κ1) is 17.1. The number of hydrogen-bond donors (Lipinski definition) is 2. The van der Waals surface area contributed by atoms with Crippen LogP contribution in [0.3, 0.4) is 0 Å². The first-order valence-corrected chi connectivity index (χ1v) is 8.18. The van der Waals surface area contributed by atoms with Crippen LogP contribution in [0.5, 0.6) is 11.5 Å². The molecule has 2 atom stereocenters. The average molecular weight is 307 g/mol. The molecule has 1 aromatic rings. The van der Waals surface area contributed by atoms with E-state index in [1.54, 1.807) is 0 Å². The van der Waals surface area contributed by atoms with Crippen LogP contribution in [-0.4, -0.2) is 31.0 Å². The molecular weight excluding hydrogens is 278 g/mol. The smallest absolute Gasteiger partial charge is 0.161 e. The van der Waals surface area contributed by atoms with Gasteiger partial charge in [0.05, 0.1) is 19.3 Å². The molecule has 124 valence electrons. The topological polar surface area (TPSA) is 50.7 Å². The maximum absolute atomic E-state index is 9.57. The van der Waals surface area contributed by atoms with E-state index >= 15 is 0 Å². The third-order valence-electron chi connectivity index (χ3n) is 4.01. The minimum Gasteiger partial charge on any atom is -0.490 e. The van der Waals surface area contributed by atoms with Crippen LogP contribution >= 0.6 is 0 Å².